The van der Waals surface area contributed by atoms with Crippen molar-refractivity contribution < 1.29 is 9.47 Å². The molecule has 0 atom stereocenters. The Morgan fingerprint density at radius 3 is 2.22 bits per heavy atom. The molecule has 0 aliphatic heterocycles. The number of hydrogen-bond acceptors (Lipinski definition) is 3. The Bertz CT molecular complexity index is 369. The number of halogens is 1. The SMILES string of the molecule is CCOc1cc(Br)c(CCCCN)cc1OCC. The maximum absolute atomic E-state index is 5.62. The fraction of sp³-hybridized carbons (Fsp3) is 0.571. The van der Waals surface area contributed by atoms with Gasteiger partial charge in [-0.25, -0.2) is 0 Å². The second-order valence-corrected chi connectivity index (χ2v) is 4.86. The maximum Gasteiger partial charge on any atom is 0.162 e. The zero-order valence-corrected chi connectivity index (χ0v) is 12.8. The molecular formula is C14H22BrNO2. The average Bonchev–Trinajstić information content (AvgIpc) is 2.35. The van der Waals surface area contributed by atoms with E-state index in [4.69, 9.17) is 15.2 Å². The largest absolute Gasteiger partial charge is 0.490 e. The lowest BCUT2D eigenvalue weighted by Crippen LogP contribution is -2.02. The van der Waals surface area contributed by atoms with E-state index < -0.39 is 0 Å². The third-order valence-electron chi connectivity index (χ3n) is 2.61. The van der Waals surface area contributed by atoms with Gasteiger partial charge >= 0.3 is 0 Å². The van der Waals surface area contributed by atoms with Crippen LogP contribution < -0.4 is 15.2 Å². The Morgan fingerprint density at radius 2 is 1.67 bits per heavy atom. The fourth-order valence-corrected chi connectivity index (χ4v) is 2.29. The lowest BCUT2D eigenvalue weighted by atomic mass is 10.1. The van der Waals surface area contributed by atoms with Crippen LogP contribution in [0.15, 0.2) is 16.6 Å². The highest BCUT2D eigenvalue weighted by Crippen LogP contribution is 2.34. The molecule has 0 amide bonds. The Balaban J connectivity index is 2.87. The molecule has 0 fully saturated rings. The van der Waals surface area contributed by atoms with E-state index in [9.17, 15) is 0 Å². The van der Waals surface area contributed by atoms with Crippen LogP contribution >= 0.6 is 15.9 Å². The molecular weight excluding hydrogens is 294 g/mol. The lowest BCUT2D eigenvalue weighted by Gasteiger charge is -2.14. The summed E-state index contributed by atoms with van der Waals surface area (Å²) in [4.78, 5) is 0. The van der Waals surface area contributed by atoms with Crippen LogP contribution in [0.1, 0.15) is 32.3 Å². The van der Waals surface area contributed by atoms with Crippen LogP contribution in [0.2, 0.25) is 0 Å². The highest BCUT2D eigenvalue weighted by molar-refractivity contribution is 9.10. The van der Waals surface area contributed by atoms with Crippen molar-refractivity contribution in [2.24, 2.45) is 5.73 Å². The third-order valence-corrected chi connectivity index (χ3v) is 3.35. The van der Waals surface area contributed by atoms with Crippen molar-refractivity contribution in [3.8, 4) is 11.5 Å². The summed E-state index contributed by atoms with van der Waals surface area (Å²) >= 11 is 3.59. The summed E-state index contributed by atoms with van der Waals surface area (Å²) in [5, 5.41) is 0. The van der Waals surface area contributed by atoms with Crippen LogP contribution in [0.5, 0.6) is 11.5 Å². The quantitative estimate of drug-likeness (QED) is 0.746. The van der Waals surface area contributed by atoms with Gasteiger partial charge in [-0.1, -0.05) is 15.9 Å². The maximum atomic E-state index is 5.62. The van der Waals surface area contributed by atoms with E-state index in [0.717, 1.165) is 41.8 Å². The molecule has 1 aromatic rings. The molecule has 102 valence electrons. The summed E-state index contributed by atoms with van der Waals surface area (Å²) in [6.45, 7) is 5.97. The molecule has 18 heavy (non-hydrogen) atoms. The molecule has 0 heterocycles. The molecule has 0 unspecified atom stereocenters. The number of aryl methyl sites for hydroxylation is 1. The Labute approximate surface area is 118 Å². The molecule has 0 radical (unpaired) electrons. The standard InChI is InChI=1S/C14H22BrNO2/c1-3-17-13-9-11(7-5-6-8-16)12(15)10-14(13)18-4-2/h9-10H,3-8,16H2,1-2H3. The van der Waals surface area contributed by atoms with Gasteiger partial charge in [0.25, 0.3) is 0 Å². The van der Waals surface area contributed by atoms with Crippen LogP contribution in [-0.4, -0.2) is 19.8 Å². The van der Waals surface area contributed by atoms with Crippen LogP contribution in [0, 0.1) is 0 Å². The van der Waals surface area contributed by atoms with Crippen molar-refractivity contribution in [1.82, 2.24) is 0 Å². The second kappa shape index (κ2) is 8.38. The van der Waals surface area contributed by atoms with Gasteiger partial charge in [0.05, 0.1) is 13.2 Å². The third kappa shape index (κ3) is 4.50. The first-order chi connectivity index (χ1) is 8.72. The summed E-state index contributed by atoms with van der Waals surface area (Å²) in [6.07, 6.45) is 3.14. The average molecular weight is 316 g/mol. The van der Waals surface area contributed by atoms with Crippen molar-refractivity contribution in [3.05, 3.63) is 22.2 Å². The van der Waals surface area contributed by atoms with Gasteiger partial charge in [0.2, 0.25) is 0 Å². The van der Waals surface area contributed by atoms with Crippen molar-refractivity contribution in [3.63, 3.8) is 0 Å². The first-order valence-corrected chi connectivity index (χ1v) is 7.30. The van der Waals surface area contributed by atoms with E-state index in [1.165, 1.54) is 5.56 Å². The summed E-state index contributed by atoms with van der Waals surface area (Å²) in [7, 11) is 0. The van der Waals surface area contributed by atoms with E-state index in [2.05, 4.69) is 22.0 Å². The van der Waals surface area contributed by atoms with Gasteiger partial charge < -0.3 is 15.2 Å². The minimum atomic E-state index is 0.638. The molecule has 0 aliphatic rings. The normalized spacial score (nSPS) is 10.4. The van der Waals surface area contributed by atoms with Crippen LogP contribution in [0.3, 0.4) is 0 Å². The summed E-state index contributed by atoms with van der Waals surface area (Å²) in [5.74, 6) is 1.62. The molecule has 4 heteroatoms. The van der Waals surface area contributed by atoms with Gasteiger partial charge in [-0.2, -0.15) is 0 Å². The smallest absolute Gasteiger partial charge is 0.162 e. The van der Waals surface area contributed by atoms with Gasteiger partial charge in [0, 0.05) is 4.47 Å². The van der Waals surface area contributed by atoms with E-state index in [1.807, 2.05) is 19.9 Å². The van der Waals surface area contributed by atoms with Gasteiger partial charge in [0.1, 0.15) is 0 Å². The molecule has 0 saturated carbocycles. The molecule has 0 spiro atoms. The number of nitrogens with two attached hydrogens (primary N) is 1. The van der Waals surface area contributed by atoms with E-state index >= 15 is 0 Å². The number of benzene rings is 1. The van der Waals surface area contributed by atoms with Crippen LogP contribution in [-0.2, 0) is 6.42 Å². The van der Waals surface area contributed by atoms with Crippen LogP contribution in [0.25, 0.3) is 0 Å². The minimum absolute atomic E-state index is 0.638. The molecule has 1 aromatic carbocycles. The zero-order chi connectivity index (χ0) is 13.4. The number of ether oxygens (including phenoxy) is 2. The summed E-state index contributed by atoms with van der Waals surface area (Å²) in [6, 6.07) is 4.06. The van der Waals surface area contributed by atoms with E-state index in [1.54, 1.807) is 0 Å². The van der Waals surface area contributed by atoms with E-state index in [-0.39, 0.29) is 0 Å². The van der Waals surface area contributed by atoms with Gasteiger partial charge in [-0.15, -0.1) is 0 Å². The molecule has 0 aliphatic carbocycles. The predicted octanol–water partition coefficient (Wildman–Crippen LogP) is 3.53. The second-order valence-electron chi connectivity index (χ2n) is 4.00. The Morgan fingerprint density at radius 1 is 1.06 bits per heavy atom. The Hall–Kier alpha value is -0.740. The number of hydrogen-bond donors (Lipinski definition) is 1. The van der Waals surface area contributed by atoms with Crippen molar-refractivity contribution >= 4 is 15.9 Å². The lowest BCUT2D eigenvalue weighted by molar-refractivity contribution is 0.287. The van der Waals surface area contributed by atoms with Crippen molar-refractivity contribution in [1.29, 1.82) is 0 Å². The molecule has 1 rings (SSSR count). The number of rotatable bonds is 8. The van der Waals surface area contributed by atoms with E-state index in [0.29, 0.717) is 13.2 Å². The first kappa shape index (κ1) is 15.3. The molecule has 0 bridgehead atoms. The predicted molar refractivity (Wildman–Crippen MR) is 78.5 cm³/mol. The van der Waals surface area contributed by atoms with Crippen molar-refractivity contribution in [2.75, 3.05) is 19.8 Å². The summed E-state index contributed by atoms with van der Waals surface area (Å²) < 4.78 is 12.3. The molecule has 0 aromatic heterocycles. The highest BCUT2D eigenvalue weighted by Gasteiger charge is 2.10. The minimum Gasteiger partial charge on any atom is -0.490 e. The summed E-state index contributed by atoms with van der Waals surface area (Å²) in [5.41, 5.74) is 6.76. The topological polar surface area (TPSA) is 44.5 Å². The highest BCUT2D eigenvalue weighted by atomic mass is 79.9. The fourth-order valence-electron chi connectivity index (χ4n) is 1.77. The van der Waals surface area contributed by atoms with Gasteiger partial charge in [-0.3, -0.25) is 0 Å². The monoisotopic (exact) mass is 315 g/mol. The first-order valence-electron chi connectivity index (χ1n) is 6.51. The van der Waals surface area contributed by atoms with Crippen molar-refractivity contribution in [2.45, 2.75) is 33.1 Å². The van der Waals surface area contributed by atoms with Crippen LogP contribution in [0.4, 0.5) is 0 Å². The molecule has 2 N–H and O–H groups in total. The van der Waals surface area contributed by atoms with Gasteiger partial charge in [-0.05, 0) is 57.4 Å². The number of unbranched alkanes of at least 4 members (excludes halogenated alkanes) is 1. The Kier molecular flexibility index (Phi) is 7.13. The zero-order valence-electron chi connectivity index (χ0n) is 11.2. The molecule has 3 nitrogen and oxygen atoms in total. The van der Waals surface area contributed by atoms with Gasteiger partial charge in [0.15, 0.2) is 11.5 Å². The molecule has 0 saturated heterocycles.